The number of carboxylic acid groups (broad SMARTS) is 1. The number of allylic oxidation sites excluding steroid dienone is 12. The third-order valence-electron chi connectivity index (χ3n) is 9.83. The topological polar surface area (TPSA) is 102 Å². The summed E-state index contributed by atoms with van der Waals surface area (Å²) in [6.45, 7) is 4.53. The van der Waals surface area contributed by atoms with Gasteiger partial charge < -0.3 is 28.6 Å². The maximum absolute atomic E-state index is 12.7. The number of hydrogen-bond donors (Lipinski definition) is 0. The molecule has 58 heavy (non-hydrogen) atoms. The van der Waals surface area contributed by atoms with Crippen LogP contribution in [-0.2, 0) is 28.6 Å². The lowest BCUT2D eigenvalue weighted by molar-refractivity contribution is -0.889. The van der Waals surface area contributed by atoms with E-state index in [1.165, 1.54) is 64.2 Å². The van der Waals surface area contributed by atoms with Crippen LogP contribution in [0.3, 0.4) is 0 Å². The fraction of sp³-hybridized carbons (Fsp3) is 0.700. The van der Waals surface area contributed by atoms with E-state index in [9.17, 15) is 19.5 Å². The fourth-order valence-electron chi connectivity index (χ4n) is 6.22. The van der Waals surface area contributed by atoms with Gasteiger partial charge >= 0.3 is 11.9 Å². The lowest BCUT2D eigenvalue weighted by atomic mass is 10.1. The zero-order chi connectivity index (χ0) is 42.8. The molecule has 0 saturated heterocycles. The molecule has 0 aliphatic rings. The number of unbranched alkanes of at least 4 members (excludes halogenated alkanes) is 14. The number of ether oxygens (including phenoxy) is 3. The van der Waals surface area contributed by atoms with Crippen molar-refractivity contribution in [2.45, 2.75) is 187 Å². The van der Waals surface area contributed by atoms with Gasteiger partial charge in [-0.1, -0.05) is 151 Å². The molecule has 0 spiro atoms. The third-order valence-corrected chi connectivity index (χ3v) is 9.83. The first-order valence-corrected chi connectivity index (χ1v) is 23.0. The van der Waals surface area contributed by atoms with E-state index in [1.807, 2.05) is 6.08 Å². The van der Waals surface area contributed by atoms with Gasteiger partial charge in [-0.2, -0.15) is 0 Å². The van der Waals surface area contributed by atoms with Crippen molar-refractivity contribution in [3.63, 3.8) is 0 Å². The van der Waals surface area contributed by atoms with Crippen LogP contribution in [0.15, 0.2) is 72.9 Å². The smallest absolute Gasteiger partial charge is 0.306 e. The van der Waals surface area contributed by atoms with Crippen LogP contribution in [0.25, 0.3) is 0 Å². The van der Waals surface area contributed by atoms with Crippen molar-refractivity contribution in [1.82, 2.24) is 0 Å². The first-order valence-electron chi connectivity index (χ1n) is 23.0. The molecule has 0 amide bonds. The Balaban J connectivity index is 4.40. The molecule has 0 aliphatic carbocycles. The predicted octanol–water partition coefficient (Wildman–Crippen LogP) is 11.4. The highest BCUT2D eigenvalue weighted by Crippen LogP contribution is 2.12. The molecule has 0 saturated carbocycles. The van der Waals surface area contributed by atoms with Gasteiger partial charge in [0.1, 0.15) is 12.6 Å². The van der Waals surface area contributed by atoms with Gasteiger partial charge in [0.25, 0.3) is 0 Å². The lowest BCUT2D eigenvalue weighted by Crippen LogP contribution is -2.55. The van der Waals surface area contributed by atoms with Crippen LogP contribution in [0, 0.1) is 0 Å². The maximum atomic E-state index is 12.7. The number of nitrogens with zero attached hydrogens (tertiary/aromatic N) is 1. The summed E-state index contributed by atoms with van der Waals surface area (Å²) in [6.07, 6.45) is 50.8. The van der Waals surface area contributed by atoms with Crippen molar-refractivity contribution in [2.24, 2.45) is 0 Å². The maximum Gasteiger partial charge on any atom is 0.306 e. The molecule has 0 heterocycles. The Morgan fingerprint density at radius 3 is 1.45 bits per heavy atom. The number of carboxylic acids is 1. The Morgan fingerprint density at radius 1 is 0.517 bits per heavy atom. The minimum Gasteiger partial charge on any atom is -0.544 e. The zero-order valence-corrected chi connectivity index (χ0v) is 37.7. The number of esters is 2. The molecule has 2 unspecified atom stereocenters. The van der Waals surface area contributed by atoms with Crippen LogP contribution in [-0.4, -0.2) is 75.5 Å². The fourth-order valence-corrected chi connectivity index (χ4v) is 6.22. The quantitative estimate of drug-likeness (QED) is 0.0263. The average Bonchev–Trinajstić information content (AvgIpc) is 3.18. The summed E-state index contributed by atoms with van der Waals surface area (Å²) < 4.78 is 17.1. The van der Waals surface area contributed by atoms with E-state index in [2.05, 4.69) is 80.7 Å². The van der Waals surface area contributed by atoms with Crippen LogP contribution in [0.4, 0.5) is 0 Å². The normalized spacial score (nSPS) is 13.6. The van der Waals surface area contributed by atoms with Crippen molar-refractivity contribution in [1.29, 1.82) is 0 Å². The van der Waals surface area contributed by atoms with Crippen molar-refractivity contribution in [3.05, 3.63) is 72.9 Å². The standard InChI is InChI=1S/C50H85NO7/c1-6-8-10-12-14-16-18-20-21-22-23-24-25-26-27-29-30-32-34-36-38-40-48(52)57-45-46(44-56-43-42-47(50(54)55)51(3,4)5)58-49(53)41-39-37-35-33-31-28-19-17-15-13-11-9-7-2/h14,16,20-21,23-24,26-28,31,35,37,46-47H,6-13,15,17-19,22,25,29-30,32-34,36,38-45H2,1-5H3/b16-14+,21-20+,24-23+,27-26+,31-28+,37-35+. The summed E-state index contributed by atoms with van der Waals surface area (Å²) in [4.78, 5) is 36.8. The summed E-state index contributed by atoms with van der Waals surface area (Å²) in [6, 6.07) is -0.740. The average molecular weight is 812 g/mol. The molecule has 0 rings (SSSR count). The molecule has 2 atom stereocenters. The number of carbonyl (C=O) groups is 3. The molecule has 0 bridgehead atoms. The second kappa shape index (κ2) is 40.5. The largest absolute Gasteiger partial charge is 0.544 e. The van der Waals surface area contributed by atoms with Gasteiger partial charge in [-0.15, -0.1) is 0 Å². The van der Waals surface area contributed by atoms with Gasteiger partial charge in [0.2, 0.25) is 0 Å². The van der Waals surface area contributed by atoms with Crippen molar-refractivity contribution in [2.75, 3.05) is 41.0 Å². The molecule has 332 valence electrons. The summed E-state index contributed by atoms with van der Waals surface area (Å²) in [5, 5.41) is 11.6. The van der Waals surface area contributed by atoms with E-state index < -0.39 is 24.1 Å². The highest BCUT2D eigenvalue weighted by Gasteiger charge is 2.25. The minimum atomic E-state index is -1.14. The second-order valence-corrected chi connectivity index (χ2v) is 16.3. The molecule has 0 aromatic heterocycles. The number of rotatable bonds is 40. The molecule has 0 radical (unpaired) electrons. The predicted molar refractivity (Wildman–Crippen MR) is 240 cm³/mol. The van der Waals surface area contributed by atoms with Gasteiger partial charge in [0.15, 0.2) is 6.10 Å². The molecule has 8 nitrogen and oxygen atoms in total. The number of carbonyl (C=O) groups excluding carboxylic acids is 3. The van der Waals surface area contributed by atoms with Crippen LogP contribution in [0.1, 0.15) is 174 Å². The van der Waals surface area contributed by atoms with Crippen molar-refractivity contribution in [3.8, 4) is 0 Å². The highest BCUT2D eigenvalue weighted by molar-refractivity contribution is 5.70. The Bertz CT molecular complexity index is 1180. The van der Waals surface area contributed by atoms with Crippen molar-refractivity contribution < 1.29 is 38.2 Å². The SMILES string of the molecule is CCCCC/C=C/C/C=C/C/C=C/C/C=C/CCCCCCCC(=O)OCC(COCCC(C(=O)[O-])[N+](C)(C)C)OC(=O)CC/C=C/C/C=C/CCCCCCCC. The molecule has 0 aromatic carbocycles. The van der Waals surface area contributed by atoms with Gasteiger partial charge in [-0.25, -0.2) is 0 Å². The van der Waals surface area contributed by atoms with Crippen molar-refractivity contribution >= 4 is 17.9 Å². The first kappa shape index (κ1) is 54.8. The Hall–Kier alpha value is -3.23. The number of aliphatic carboxylic acids is 1. The Morgan fingerprint density at radius 2 is 0.948 bits per heavy atom. The molecular weight excluding hydrogens is 727 g/mol. The van der Waals surface area contributed by atoms with E-state index in [0.717, 1.165) is 70.6 Å². The summed E-state index contributed by atoms with van der Waals surface area (Å²) in [5.41, 5.74) is 0. The van der Waals surface area contributed by atoms with Crippen LogP contribution < -0.4 is 5.11 Å². The van der Waals surface area contributed by atoms with Gasteiger partial charge in [-0.05, 0) is 77.0 Å². The van der Waals surface area contributed by atoms with E-state index in [1.54, 1.807) is 21.1 Å². The van der Waals surface area contributed by atoms with Crippen LogP contribution in [0.5, 0.6) is 0 Å². The van der Waals surface area contributed by atoms with Crippen LogP contribution >= 0.6 is 0 Å². The van der Waals surface area contributed by atoms with Gasteiger partial charge in [-0.3, -0.25) is 9.59 Å². The summed E-state index contributed by atoms with van der Waals surface area (Å²) >= 11 is 0. The monoisotopic (exact) mass is 812 g/mol. The minimum absolute atomic E-state index is 0.00854. The second-order valence-electron chi connectivity index (χ2n) is 16.3. The van der Waals surface area contributed by atoms with E-state index in [-0.39, 0.29) is 43.1 Å². The lowest BCUT2D eigenvalue weighted by Gasteiger charge is -2.34. The third kappa shape index (κ3) is 38.3. The molecule has 0 N–H and O–H groups in total. The number of likely N-dealkylation sites (N-methyl/N-ethyl adjacent to an activating group) is 1. The summed E-state index contributed by atoms with van der Waals surface area (Å²) in [5.74, 6) is -1.85. The molecule has 0 fully saturated rings. The molecule has 0 aliphatic heterocycles. The van der Waals surface area contributed by atoms with Gasteiger partial charge in [0, 0.05) is 19.3 Å². The zero-order valence-electron chi connectivity index (χ0n) is 37.7. The van der Waals surface area contributed by atoms with E-state index >= 15 is 0 Å². The Kier molecular flexibility index (Phi) is 38.3. The Labute approximate surface area is 355 Å². The van der Waals surface area contributed by atoms with Gasteiger partial charge in [0.05, 0.1) is 40.3 Å². The highest BCUT2D eigenvalue weighted by atomic mass is 16.6. The first-order chi connectivity index (χ1) is 28.1. The summed E-state index contributed by atoms with van der Waals surface area (Å²) in [7, 11) is 5.38. The molecule has 0 aromatic rings. The van der Waals surface area contributed by atoms with E-state index in [0.29, 0.717) is 12.8 Å². The number of quaternary nitrogens is 1. The molecular formula is C50H85NO7. The number of hydrogen-bond acceptors (Lipinski definition) is 7. The van der Waals surface area contributed by atoms with Crippen LogP contribution in [0.2, 0.25) is 0 Å². The molecule has 8 heteroatoms. The van der Waals surface area contributed by atoms with E-state index in [4.69, 9.17) is 14.2 Å².